The Morgan fingerprint density at radius 2 is 1.93 bits per heavy atom. The van der Waals surface area contributed by atoms with Crippen LogP contribution >= 0.6 is 0 Å². The van der Waals surface area contributed by atoms with Crippen molar-refractivity contribution in [1.29, 1.82) is 0 Å². The molecule has 0 aromatic heterocycles. The first-order chi connectivity index (χ1) is 7.04. The lowest BCUT2D eigenvalue weighted by molar-refractivity contribution is 0.409. The zero-order valence-electron chi connectivity index (χ0n) is 10.6. The highest BCUT2D eigenvalue weighted by atomic mass is 19.1. The summed E-state index contributed by atoms with van der Waals surface area (Å²) in [6.45, 7) is 9.61. The zero-order valence-corrected chi connectivity index (χ0v) is 10.6. The molecule has 0 saturated heterocycles. The SMILES string of the molecule is C\C=C/C=C(CCC)\C(C)=C(/C)C(C)F. The molecule has 1 heteroatoms. The van der Waals surface area contributed by atoms with Crippen molar-refractivity contribution in [3.8, 4) is 0 Å². The Morgan fingerprint density at radius 3 is 2.33 bits per heavy atom. The van der Waals surface area contributed by atoms with Gasteiger partial charge in [-0.2, -0.15) is 0 Å². The predicted molar refractivity (Wildman–Crippen MR) is 66.7 cm³/mol. The average molecular weight is 210 g/mol. The lowest BCUT2D eigenvalue weighted by Crippen LogP contribution is -2.00. The van der Waals surface area contributed by atoms with Crippen LogP contribution in [0, 0.1) is 0 Å². The van der Waals surface area contributed by atoms with Gasteiger partial charge in [0, 0.05) is 0 Å². The third-order valence-electron chi connectivity index (χ3n) is 2.68. The van der Waals surface area contributed by atoms with Gasteiger partial charge in [-0.25, -0.2) is 4.39 Å². The molecule has 0 fully saturated rings. The van der Waals surface area contributed by atoms with Crippen molar-refractivity contribution in [3.63, 3.8) is 0 Å². The van der Waals surface area contributed by atoms with Gasteiger partial charge in [-0.05, 0) is 50.8 Å². The monoisotopic (exact) mass is 210 g/mol. The fourth-order valence-electron chi connectivity index (χ4n) is 1.43. The fourth-order valence-corrected chi connectivity index (χ4v) is 1.43. The van der Waals surface area contributed by atoms with Gasteiger partial charge in [0.2, 0.25) is 0 Å². The van der Waals surface area contributed by atoms with Gasteiger partial charge in [0.25, 0.3) is 0 Å². The van der Waals surface area contributed by atoms with Crippen LogP contribution in [0.2, 0.25) is 0 Å². The molecule has 0 heterocycles. The summed E-state index contributed by atoms with van der Waals surface area (Å²) in [5.41, 5.74) is 3.20. The summed E-state index contributed by atoms with van der Waals surface area (Å²) >= 11 is 0. The summed E-state index contributed by atoms with van der Waals surface area (Å²) in [5, 5.41) is 0. The van der Waals surface area contributed by atoms with Gasteiger partial charge in [0.1, 0.15) is 6.17 Å². The minimum Gasteiger partial charge on any atom is -0.243 e. The lowest BCUT2D eigenvalue weighted by atomic mass is 9.96. The molecule has 0 rings (SSSR count). The first kappa shape index (κ1) is 14.2. The molecule has 0 aliphatic carbocycles. The van der Waals surface area contributed by atoms with Crippen molar-refractivity contribution in [1.82, 2.24) is 0 Å². The molecule has 86 valence electrons. The van der Waals surface area contributed by atoms with Gasteiger partial charge in [0.15, 0.2) is 0 Å². The lowest BCUT2D eigenvalue weighted by Gasteiger charge is -2.12. The van der Waals surface area contributed by atoms with Crippen LogP contribution in [0.3, 0.4) is 0 Å². The molecule has 1 atom stereocenters. The minimum atomic E-state index is -0.851. The third kappa shape index (κ3) is 4.96. The van der Waals surface area contributed by atoms with E-state index in [1.54, 1.807) is 6.92 Å². The highest BCUT2D eigenvalue weighted by Crippen LogP contribution is 2.22. The van der Waals surface area contributed by atoms with Crippen LogP contribution in [0.4, 0.5) is 4.39 Å². The van der Waals surface area contributed by atoms with Gasteiger partial charge < -0.3 is 0 Å². The molecule has 0 N–H and O–H groups in total. The summed E-state index contributed by atoms with van der Waals surface area (Å²) in [6, 6.07) is 0. The summed E-state index contributed by atoms with van der Waals surface area (Å²) in [6.07, 6.45) is 7.36. The molecule has 0 saturated carbocycles. The van der Waals surface area contributed by atoms with Crippen molar-refractivity contribution in [2.75, 3.05) is 0 Å². The highest BCUT2D eigenvalue weighted by Gasteiger charge is 2.07. The second-order valence-corrected chi connectivity index (χ2v) is 3.89. The van der Waals surface area contributed by atoms with Crippen molar-refractivity contribution in [3.05, 3.63) is 34.9 Å². The second kappa shape index (κ2) is 7.44. The van der Waals surface area contributed by atoms with Gasteiger partial charge in [-0.1, -0.05) is 31.6 Å². The second-order valence-electron chi connectivity index (χ2n) is 3.89. The van der Waals surface area contributed by atoms with Crippen LogP contribution in [-0.4, -0.2) is 6.17 Å². The summed E-state index contributed by atoms with van der Waals surface area (Å²) < 4.78 is 13.2. The zero-order chi connectivity index (χ0) is 11.8. The van der Waals surface area contributed by atoms with Gasteiger partial charge in [-0.3, -0.25) is 0 Å². The Kier molecular flexibility index (Phi) is 7.02. The van der Waals surface area contributed by atoms with Crippen LogP contribution in [0.15, 0.2) is 34.9 Å². The van der Waals surface area contributed by atoms with E-state index in [0.29, 0.717) is 0 Å². The van der Waals surface area contributed by atoms with E-state index in [1.165, 1.54) is 5.57 Å². The van der Waals surface area contributed by atoms with E-state index in [4.69, 9.17) is 0 Å². The van der Waals surface area contributed by atoms with Crippen molar-refractivity contribution >= 4 is 0 Å². The Balaban J connectivity index is 5.00. The van der Waals surface area contributed by atoms with E-state index in [2.05, 4.69) is 13.0 Å². The van der Waals surface area contributed by atoms with Crippen LogP contribution in [0.25, 0.3) is 0 Å². The molecular weight excluding hydrogens is 187 g/mol. The molecule has 15 heavy (non-hydrogen) atoms. The normalized spacial score (nSPS) is 16.8. The van der Waals surface area contributed by atoms with Crippen LogP contribution in [-0.2, 0) is 0 Å². The standard InChI is InChI=1S/C14H23F/c1-6-8-10-14(9-7-2)12(4)11(3)13(5)15/h6,8,10,13H,7,9H2,1-5H3/b8-6-,12-11+,14-10-. The summed E-state index contributed by atoms with van der Waals surface area (Å²) in [4.78, 5) is 0. The van der Waals surface area contributed by atoms with Gasteiger partial charge in [-0.15, -0.1) is 0 Å². The number of alkyl halides is 1. The molecular formula is C14H23F. The molecule has 1 unspecified atom stereocenters. The van der Waals surface area contributed by atoms with Crippen LogP contribution in [0.1, 0.15) is 47.5 Å². The van der Waals surface area contributed by atoms with Gasteiger partial charge >= 0.3 is 0 Å². The molecule has 0 radical (unpaired) electrons. The van der Waals surface area contributed by atoms with E-state index in [-0.39, 0.29) is 0 Å². The van der Waals surface area contributed by atoms with Crippen molar-refractivity contribution in [2.45, 2.75) is 53.6 Å². The maximum atomic E-state index is 13.2. The molecule has 0 aromatic rings. The molecule has 0 aliphatic heterocycles. The van der Waals surface area contributed by atoms with Gasteiger partial charge in [0.05, 0.1) is 0 Å². The first-order valence-corrected chi connectivity index (χ1v) is 5.68. The van der Waals surface area contributed by atoms with E-state index in [0.717, 1.165) is 24.0 Å². The number of halogens is 1. The number of rotatable bonds is 5. The van der Waals surface area contributed by atoms with Crippen LogP contribution in [0.5, 0.6) is 0 Å². The smallest absolute Gasteiger partial charge is 0.119 e. The van der Waals surface area contributed by atoms with Crippen molar-refractivity contribution in [2.24, 2.45) is 0 Å². The molecule has 0 nitrogen and oxygen atoms in total. The van der Waals surface area contributed by atoms with E-state index >= 15 is 0 Å². The van der Waals surface area contributed by atoms with Crippen molar-refractivity contribution < 1.29 is 4.39 Å². The Hall–Kier alpha value is -0.850. The Labute approximate surface area is 93.6 Å². The molecule has 0 bridgehead atoms. The largest absolute Gasteiger partial charge is 0.243 e. The number of hydrogen-bond acceptors (Lipinski definition) is 0. The molecule has 0 aromatic carbocycles. The highest BCUT2D eigenvalue weighted by molar-refractivity contribution is 5.36. The third-order valence-corrected chi connectivity index (χ3v) is 2.68. The van der Waals surface area contributed by atoms with Crippen LogP contribution < -0.4 is 0 Å². The minimum absolute atomic E-state index is 0.846. The first-order valence-electron chi connectivity index (χ1n) is 5.68. The summed E-state index contributed by atoms with van der Waals surface area (Å²) in [7, 11) is 0. The number of allylic oxidation sites excluding steroid dienone is 6. The van der Waals surface area contributed by atoms with E-state index in [9.17, 15) is 4.39 Å². The van der Waals surface area contributed by atoms with E-state index < -0.39 is 6.17 Å². The Bertz CT molecular complexity index is 267. The molecule has 0 amide bonds. The summed E-state index contributed by atoms with van der Waals surface area (Å²) in [5.74, 6) is 0. The topological polar surface area (TPSA) is 0 Å². The maximum Gasteiger partial charge on any atom is 0.119 e. The fraction of sp³-hybridized carbons (Fsp3) is 0.571. The van der Waals surface area contributed by atoms with E-state index in [1.807, 2.05) is 32.9 Å². The molecule has 0 spiro atoms. The Morgan fingerprint density at radius 1 is 1.33 bits per heavy atom. The molecule has 0 aliphatic rings. The average Bonchev–Trinajstić information content (AvgIpc) is 2.22. The number of hydrogen-bond donors (Lipinski definition) is 0. The quantitative estimate of drug-likeness (QED) is 0.561. The predicted octanol–water partition coefficient (Wildman–Crippen LogP) is 4.98. The maximum absolute atomic E-state index is 13.2.